The number of hydrogen-bond donors (Lipinski definition) is 1. The molecule has 2 heterocycles. The van der Waals surface area contributed by atoms with E-state index in [1.54, 1.807) is 6.20 Å². The summed E-state index contributed by atoms with van der Waals surface area (Å²) < 4.78 is 2.03. The molecular weight excluding hydrogens is 176 g/mol. The van der Waals surface area contributed by atoms with E-state index in [9.17, 15) is 0 Å². The Balaban J connectivity index is 2.81. The maximum Gasteiger partial charge on any atom is 0.140 e. The van der Waals surface area contributed by atoms with Crippen LogP contribution in [0.1, 0.15) is 30.2 Å². The van der Waals surface area contributed by atoms with Crippen molar-refractivity contribution in [3.8, 4) is 0 Å². The summed E-state index contributed by atoms with van der Waals surface area (Å²) in [6.45, 7) is 5.93. The first-order chi connectivity index (χ1) is 6.61. The summed E-state index contributed by atoms with van der Waals surface area (Å²) in [5, 5.41) is 0. The Morgan fingerprint density at radius 3 is 2.71 bits per heavy atom. The molecule has 0 radical (unpaired) electrons. The molecule has 0 fully saturated rings. The second-order valence-corrected chi connectivity index (χ2v) is 3.56. The molecule has 0 bridgehead atoms. The first kappa shape index (κ1) is 9.15. The van der Waals surface area contributed by atoms with E-state index in [1.165, 1.54) is 0 Å². The molecule has 0 aromatic carbocycles. The SMILES string of the molecule is Cc1nccc2nc(C(C)N)c(C)n12. The fourth-order valence-corrected chi connectivity index (χ4v) is 1.76. The number of nitrogens with zero attached hydrogens (tertiary/aromatic N) is 3. The van der Waals surface area contributed by atoms with Crippen LogP contribution < -0.4 is 5.73 Å². The molecule has 14 heavy (non-hydrogen) atoms. The van der Waals surface area contributed by atoms with Gasteiger partial charge in [0.15, 0.2) is 0 Å². The van der Waals surface area contributed by atoms with Gasteiger partial charge in [0.05, 0.1) is 5.69 Å². The van der Waals surface area contributed by atoms with Crippen LogP contribution >= 0.6 is 0 Å². The molecule has 1 atom stereocenters. The van der Waals surface area contributed by atoms with E-state index in [0.717, 1.165) is 22.9 Å². The van der Waals surface area contributed by atoms with Gasteiger partial charge in [-0.3, -0.25) is 4.40 Å². The second kappa shape index (κ2) is 3.06. The number of fused-ring (bicyclic) bond motifs is 1. The largest absolute Gasteiger partial charge is 0.323 e. The highest BCUT2D eigenvalue weighted by atomic mass is 15.1. The number of aromatic nitrogens is 3. The quantitative estimate of drug-likeness (QED) is 0.738. The average molecular weight is 190 g/mol. The minimum absolute atomic E-state index is 0.0331. The van der Waals surface area contributed by atoms with E-state index in [-0.39, 0.29) is 6.04 Å². The third kappa shape index (κ3) is 1.19. The zero-order valence-electron chi connectivity index (χ0n) is 8.65. The zero-order valence-corrected chi connectivity index (χ0v) is 8.65. The van der Waals surface area contributed by atoms with Crippen LogP contribution in [0.15, 0.2) is 12.3 Å². The first-order valence-corrected chi connectivity index (χ1v) is 4.67. The lowest BCUT2D eigenvalue weighted by Gasteiger charge is -2.02. The van der Waals surface area contributed by atoms with E-state index < -0.39 is 0 Å². The highest BCUT2D eigenvalue weighted by Gasteiger charge is 2.12. The van der Waals surface area contributed by atoms with E-state index in [0.29, 0.717) is 0 Å². The normalized spacial score (nSPS) is 13.4. The topological polar surface area (TPSA) is 56.2 Å². The van der Waals surface area contributed by atoms with E-state index in [2.05, 4.69) is 9.97 Å². The Morgan fingerprint density at radius 1 is 1.43 bits per heavy atom. The van der Waals surface area contributed by atoms with E-state index in [1.807, 2.05) is 31.2 Å². The fraction of sp³-hybridized carbons (Fsp3) is 0.400. The average Bonchev–Trinajstić information content (AvgIpc) is 2.45. The molecule has 4 nitrogen and oxygen atoms in total. The van der Waals surface area contributed by atoms with Crippen LogP contribution in [-0.4, -0.2) is 14.4 Å². The van der Waals surface area contributed by atoms with Gasteiger partial charge in [-0.25, -0.2) is 9.97 Å². The standard InChI is InChI=1S/C10H14N4/c1-6(11)10-7(2)14-8(3)12-5-4-9(14)13-10/h4-6H,11H2,1-3H3. The van der Waals surface area contributed by atoms with Crippen molar-refractivity contribution >= 4 is 5.65 Å². The molecule has 0 aliphatic rings. The van der Waals surface area contributed by atoms with Gasteiger partial charge in [-0.05, 0) is 26.8 Å². The molecule has 74 valence electrons. The summed E-state index contributed by atoms with van der Waals surface area (Å²) in [7, 11) is 0. The number of imidazole rings is 1. The summed E-state index contributed by atoms with van der Waals surface area (Å²) in [5.74, 6) is 0.944. The molecule has 2 aromatic heterocycles. The van der Waals surface area contributed by atoms with Gasteiger partial charge in [-0.1, -0.05) is 0 Å². The number of aryl methyl sites for hydroxylation is 2. The van der Waals surface area contributed by atoms with Crippen LogP contribution in [0.25, 0.3) is 5.65 Å². The van der Waals surface area contributed by atoms with Gasteiger partial charge < -0.3 is 5.73 Å². The highest BCUT2D eigenvalue weighted by Crippen LogP contribution is 2.17. The van der Waals surface area contributed by atoms with Crippen molar-refractivity contribution in [2.24, 2.45) is 5.73 Å². The van der Waals surface area contributed by atoms with Crippen molar-refractivity contribution in [1.82, 2.24) is 14.4 Å². The molecule has 0 amide bonds. The van der Waals surface area contributed by atoms with Crippen molar-refractivity contribution in [3.05, 3.63) is 29.5 Å². The van der Waals surface area contributed by atoms with Crippen molar-refractivity contribution < 1.29 is 0 Å². The van der Waals surface area contributed by atoms with Gasteiger partial charge >= 0.3 is 0 Å². The predicted octanol–water partition coefficient (Wildman–Crippen LogP) is 1.37. The van der Waals surface area contributed by atoms with Gasteiger partial charge in [0.1, 0.15) is 11.5 Å². The third-order valence-corrected chi connectivity index (χ3v) is 2.41. The number of nitrogens with two attached hydrogens (primary N) is 1. The Labute approximate surface area is 82.8 Å². The molecule has 0 saturated heterocycles. The number of hydrogen-bond acceptors (Lipinski definition) is 3. The molecule has 0 saturated carbocycles. The van der Waals surface area contributed by atoms with E-state index >= 15 is 0 Å². The first-order valence-electron chi connectivity index (χ1n) is 4.67. The molecule has 1 unspecified atom stereocenters. The summed E-state index contributed by atoms with van der Waals surface area (Å²) >= 11 is 0. The Hall–Kier alpha value is -1.42. The molecule has 0 spiro atoms. The van der Waals surface area contributed by atoms with Crippen molar-refractivity contribution in [2.75, 3.05) is 0 Å². The molecule has 2 N–H and O–H groups in total. The lowest BCUT2D eigenvalue weighted by molar-refractivity contribution is 0.778. The Kier molecular flexibility index (Phi) is 2.00. The van der Waals surface area contributed by atoms with Crippen LogP contribution in [0.2, 0.25) is 0 Å². The molecule has 2 rings (SSSR count). The van der Waals surface area contributed by atoms with Gasteiger partial charge in [0, 0.05) is 17.9 Å². The van der Waals surface area contributed by atoms with E-state index in [4.69, 9.17) is 5.73 Å². The minimum atomic E-state index is -0.0331. The lowest BCUT2D eigenvalue weighted by Crippen LogP contribution is -2.07. The van der Waals surface area contributed by atoms with Crippen molar-refractivity contribution in [3.63, 3.8) is 0 Å². The maximum atomic E-state index is 5.83. The van der Waals surface area contributed by atoms with Gasteiger partial charge in [-0.2, -0.15) is 0 Å². The Bertz CT molecular complexity index is 470. The minimum Gasteiger partial charge on any atom is -0.323 e. The number of rotatable bonds is 1. The van der Waals surface area contributed by atoms with Crippen LogP contribution in [0.3, 0.4) is 0 Å². The van der Waals surface area contributed by atoms with Crippen LogP contribution in [0.5, 0.6) is 0 Å². The predicted molar refractivity (Wildman–Crippen MR) is 55.1 cm³/mol. The van der Waals surface area contributed by atoms with Crippen molar-refractivity contribution in [1.29, 1.82) is 0 Å². The summed E-state index contributed by atoms with van der Waals surface area (Å²) in [4.78, 5) is 8.69. The van der Waals surface area contributed by atoms with Gasteiger partial charge in [0.25, 0.3) is 0 Å². The van der Waals surface area contributed by atoms with Crippen LogP contribution in [0.4, 0.5) is 0 Å². The zero-order chi connectivity index (χ0) is 10.3. The van der Waals surface area contributed by atoms with Gasteiger partial charge in [-0.15, -0.1) is 0 Å². The summed E-state index contributed by atoms with van der Waals surface area (Å²) in [6, 6.07) is 1.86. The second-order valence-electron chi connectivity index (χ2n) is 3.56. The summed E-state index contributed by atoms with van der Waals surface area (Å²) in [5.41, 5.74) is 8.78. The molecule has 0 aliphatic carbocycles. The van der Waals surface area contributed by atoms with Crippen molar-refractivity contribution in [2.45, 2.75) is 26.8 Å². The smallest absolute Gasteiger partial charge is 0.140 e. The third-order valence-electron chi connectivity index (χ3n) is 2.41. The molecule has 2 aromatic rings. The highest BCUT2D eigenvalue weighted by molar-refractivity contribution is 5.43. The maximum absolute atomic E-state index is 5.83. The Morgan fingerprint density at radius 2 is 2.14 bits per heavy atom. The fourth-order valence-electron chi connectivity index (χ4n) is 1.76. The van der Waals surface area contributed by atoms with Gasteiger partial charge in [0.2, 0.25) is 0 Å². The summed E-state index contributed by atoms with van der Waals surface area (Å²) in [6.07, 6.45) is 1.77. The molecule has 0 aliphatic heterocycles. The molecule has 4 heteroatoms. The van der Waals surface area contributed by atoms with Crippen LogP contribution in [0, 0.1) is 13.8 Å². The lowest BCUT2D eigenvalue weighted by atomic mass is 10.2. The van der Waals surface area contributed by atoms with Crippen LogP contribution in [-0.2, 0) is 0 Å². The monoisotopic (exact) mass is 190 g/mol. The molecular formula is C10H14N4.